The molecule has 0 aliphatic carbocycles. The maximum Gasteiger partial charge on any atom is 0.295 e. The van der Waals surface area contributed by atoms with Gasteiger partial charge in [0.2, 0.25) is 5.96 Å². The highest BCUT2D eigenvalue weighted by Gasteiger charge is 2.13. The van der Waals surface area contributed by atoms with Crippen molar-refractivity contribution in [3.05, 3.63) is 36.4 Å². The van der Waals surface area contributed by atoms with Crippen molar-refractivity contribution in [3.63, 3.8) is 0 Å². The van der Waals surface area contributed by atoms with Crippen LogP contribution in [0.3, 0.4) is 0 Å². The largest absolute Gasteiger partial charge is 0.370 e. The van der Waals surface area contributed by atoms with Crippen molar-refractivity contribution in [2.75, 3.05) is 0 Å². The number of aliphatic imine (C=N–C) groups is 2. The molecular formula is C12H13N5O3S. The van der Waals surface area contributed by atoms with E-state index in [-0.39, 0.29) is 16.8 Å². The molecule has 9 heteroatoms. The minimum Gasteiger partial charge on any atom is -0.370 e. The second kappa shape index (κ2) is 5.38. The van der Waals surface area contributed by atoms with E-state index >= 15 is 0 Å². The van der Waals surface area contributed by atoms with Crippen LogP contribution in [0.2, 0.25) is 0 Å². The zero-order valence-corrected chi connectivity index (χ0v) is 11.6. The first-order valence-electron chi connectivity index (χ1n) is 5.71. The number of hydrogen-bond acceptors (Lipinski definition) is 3. The number of hydrogen-bond donors (Lipinski definition) is 4. The minimum absolute atomic E-state index is 0.125. The number of nitrogens with two attached hydrogens (primary N) is 3. The normalized spacial score (nSPS) is 12.3. The molecule has 2 rings (SSSR count). The number of guanidine groups is 2. The van der Waals surface area contributed by atoms with Crippen LogP contribution in [0.4, 0.5) is 5.69 Å². The van der Waals surface area contributed by atoms with E-state index in [1.54, 1.807) is 12.1 Å². The molecule has 0 radical (unpaired) electrons. The molecule has 0 bridgehead atoms. The summed E-state index contributed by atoms with van der Waals surface area (Å²) in [6, 6.07) is 9.15. The van der Waals surface area contributed by atoms with Gasteiger partial charge < -0.3 is 17.2 Å². The molecule has 0 saturated heterocycles. The van der Waals surface area contributed by atoms with E-state index in [4.69, 9.17) is 17.2 Å². The quantitative estimate of drug-likeness (QED) is 0.355. The molecule has 0 aromatic heterocycles. The molecule has 0 saturated carbocycles. The van der Waals surface area contributed by atoms with Gasteiger partial charge in [0.05, 0.1) is 5.69 Å². The van der Waals surface area contributed by atoms with Gasteiger partial charge in [0.1, 0.15) is 4.90 Å². The van der Waals surface area contributed by atoms with Crippen molar-refractivity contribution < 1.29 is 13.0 Å². The fourth-order valence-corrected chi connectivity index (χ4v) is 2.54. The first kappa shape index (κ1) is 14.8. The van der Waals surface area contributed by atoms with Crippen molar-refractivity contribution in [2.24, 2.45) is 27.2 Å². The van der Waals surface area contributed by atoms with E-state index in [1.165, 1.54) is 24.3 Å². The first-order chi connectivity index (χ1) is 9.77. The lowest BCUT2D eigenvalue weighted by atomic mass is 10.1. The van der Waals surface area contributed by atoms with Gasteiger partial charge in [-0.1, -0.05) is 18.2 Å². The SMILES string of the molecule is NC(N)=NC(N)=Nc1ccc2c(S(=O)(=O)O)cccc2c1. The average Bonchev–Trinajstić information content (AvgIpc) is 2.35. The monoisotopic (exact) mass is 307 g/mol. The predicted molar refractivity (Wildman–Crippen MR) is 80.9 cm³/mol. The number of nitrogens with zero attached hydrogens (tertiary/aromatic N) is 2. The Hall–Kier alpha value is -2.65. The highest BCUT2D eigenvalue weighted by molar-refractivity contribution is 7.86. The van der Waals surface area contributed by atoms with E-state index in [0.717, 1.165) is 0 Å². The lowest BCUT2D eigenvalue weighted by Gasteiger charge is -2.04. The third-order valence-corrected chi connectivity index (χ3v) is 3.50. The predicted octanol–water partition coefficient (Wildman–Crippen LogP) is 0.306. The zero-order valence-electron chi connectivity index (χ0n) is 10.8. The highest BCUT2D eigenvalue weighted by atomic mass is 32.2. The molecule has 7 N–H and O–H groups in total. The van der Waals surface area contributed by atoms with E-state index in [2.05, 4.69) is 9.98 Å². The second-order valence-corrected chi connectivity index (χ2v) is 5.53. The van der Waals surface area contributed by atoms with Crippen LogP contribution in [0.25, 0.3) is 10.8 Å². The third-order valence-electron chi connectivity index (χ3n) is 2.59. The molecule has 0 aliphatic rings. The van der Waals surface area contributed by atoms with Crippen LogP contribution < -0.4 is 17.2 Å². The summed E-state index contributed by atoms with van der Waals surface area (Å²) in [4.78, 5) is 7.38. The maximum atomic E-state index is 11.3. The third kappa shape index (κ3) is 3.46. The summed E-state index contributed by atoms with van der Waals surface area (Å²) in [6.45, 7) is 0. The summed E-state index contributed by atoms with van der Waals surface area (Å²) in [5.74, 6) is -0.342. The molecule has 0 amide bonds. The van der Waals surface area contributed by atoms with Gasteiger partial charge in [-0.25, -0.2) is 4.99 Å². The van der Waals surface area contributed by atoms with Gasteiger partial charge in [-0.2, -0.15) is 13.4 Å². The molecule has 110 valence electrons. The lowest BCUT2D eigenvalue weighted by Crippen LogP contribution is -2.26. The van der Waals surface area contributed by atoms with Gasteiger partial charge in [0.15, 0.2) is 5.96 Å². The number of fused-ring (bicyclic) bond motifs is 1. The summed E-state index contributed by atoms with van der Waals surface area (Å²) >= 11 is 0. The van der Waals surface area contributed by atoms with Crippen molar-refractivity contribution in [1.29, 1.82) is 0 Å². The van der Waals surface area contributed by atoms with E-state index < -0.39 is 10.1 Å². The molecule has 2 aromatic carbocycles. The summed E-state index contributed by atoms with van der Waals surface area (Å²) in [5, 5.41) is 0.947. The summed E-state index contributed by atoms with van der Waals surface area (Å²) < 4.78 is 31.8. The van der Waals surface area contributed by atoms with Crippen molar-refractivity contribution in [3.8, 4) is 0 Å². The Bertz CT molecular complexity index is 854. The smallest absolute Gasteiger partial charge is 0.295 e. The molecule has 0 aliphatic heterocycles. The second-order valence-electron chi connectivity index (χ2n) is 4.14. The van der Waals surface area contributed by atoms with Gasteiger partial charge in [-0.3, -0.25) is 4.55 Å². The Morgan fingerprint density at radius 2 is 1.81 bits per heavy atom. The van der Waals surface area contributed by atoms with Gasteiger partial charge in [0, 0.05) is 5.39 Å². The Balaban J connectivity index is 2.57. The zero-order chi connectivity index (χ0) is 15.6. The van der Waals surface area contributed by atoms with Gasteiger partial charge in [-0.05, 0) is 23.6 Å². The van der Waals surface area contributed by atoms with E-state index in [0.29, 0.717) is 16.5 Å². The molecule has 0 atom stereocenters. The van der Waals surface area contributed by atoms with Crippen LogP contribution in [0.5, 0.6) is 0 Å². The standard InChI is InChI=1S/C12H13N5O3S/c13-11(14)17-12(15)16-8-4-5-9-7(6-8)2-1-3-10(9)21(18,19)20/h1-6H,(H,18,19,20)(H6,13,14,15,16,17). The Morgan fingerprint density at radius 3 is 2.43 bits per heavy atom. The Labute approximate surface area is 120 Å². The fraction of sp³-hybridized carbons (Fsp3) is 0. The van der Waals surface area contributed by atoms with E-state index in [1.807, 2.05) is 0 Å². The Kier molecular flexibility index (Phi) is 3.78. The average molecular weight is 307 g/mol. The first-order valence-corrected chi connectivity index (χ1v) is 7.15. The van der Waals surface area contributed by atoms with Crippen LogP contribution >= 0.6 is 0 Å². The Morgan fingerprint density at radius 1 is 1.10 bits per heavy atom. The summed E-state index contributed by atoms with van der Waals surface area (Å²) in [7, 11) is -4.30. The van der Waals surface area contributed by atoms with Crippen molar-refractivity contribution in [2.45, 2.75) is 4.90 Å². The van der Waals surface area contributed by atoms with Crippen LogP contribution in [0, 0.1) is 0 Å². The molecule has 21 heavy (non-hydrogen) atoms. The van der Waals surface area contributed by atoms with Crippen LogP contribution in [-0.4, -0.2) is 24.9 Å². The lowest BCUT2D eigenvalue weighted by molar-refractivity contribution is 0.484. The number of benzene rings is 2. The molecule has 0 unspecified atom stereocenters. The minimum atomic E-state index is -4.30. The topological polar surface area (TPSA) is 157 Å². The highest BCUT2D eigenvalue weighted by Crippen LogP contribution is 2.26. The van der Waals surface area contributed by atoms with Gasteiger partial charge in [-0.15, -0.1) is 0 Å². The fourth-order valence-electron chi connectivity index (χ4n) is 1.83. The molecule has 0 spiro atoms. The van der Waals surface area contributed by atoms with Gasteiger partial charge in [0.25, 0.3) is 10.1 Å². The van der Waals surface area contributed by atoms with E-state index in [9.17, 15) is 13.0 Å². The van der Waals surface area contributed by atoms with Gasteiger partial charge >= 0.3 is 0 Å². The molecule has 0 heterocycles. The van der Waals surface area contributed by atoms with Crippen molar-refractivity contribution >= 4 is 38.5 Å². The molecular weight excluding hydrogens is 294 g/mol. The summed E-state index contributed by atoms with van der Waals surface area (Å²) in [6.07, 6.45) is 0. The molecule has 0 fully saturated rings. The van der Waals surface area contributed by atoms with Crippen LogP contribution in [-0.2, 0) is 10.1 Å². The number of rotatable bonds is 2. The molecule has 2 aromatic rings. The van der Waals surface area contributed by atoms with Crippen molar-refractivity contribution in [1.82, 2.24) is 0 Å². The molecule has 8 nitrogen and oxygen atoms in total. The van der Waals surface area contributed by atoms with Crippen LogP contribution in [0.1, 0.15) is 0 Å². The maximum absolute atomic E-state index is 11.3. The summed E-state index contributed by atoms with van der Waals surface area (Å²) in [5.41, 5.74) is 16.3. The van der Waals surface area contributed by atoms with Crippen LogP contribution in [0.15, 0.2) is 51.3 Å².